The van der Waals surface area contributed by atoms with Crippen molar-refractivity contribution >= 4 is 46.4 Å². The molecule has 2 aromatic heterocycles. The number of carbonyl (C=O) groups is 2. The summed E-state index contributed by atoms with van der Waals surface area (Å²) in [5, 5.41) is 6.24. The Morgan fingerprint density at radius 1 is 1.09 bits per heavy atom. The van der Waals surface area contributed by atoms with E-state index in [1.165, 1.54) is 12.3 Å². The van der Waals surface area contributed by atoms with Gasteiger partial charge in [-0.25, -0.2) is 9.78 Å². The highest BCUT2D eigenvalue weighted by Crippen LogP contribution is 2.44. The highest BCUT2D eigenvalue weighted by molar-refractivity contribution is 6.02. The first kappa shape index (κ1) is 32.7. The molecule has 0 saturated carbocycles. The number of nitrogens with zero attached hydrogens (tertiary/aromatic N) is 6. The Bertz CT molecular complexity index is 1630. The second kappa shape index (κ2) is 13.3. The lowest BCUT2D eigenvalue weighted by Gasteiger charge is -2.36. The van der Waals surface area contributed by atoms with Crippen molar-refractivity contribution in [1.82, 2.24) is 19.9 Å². The van der Waals surface area contributed by atoms with Crippen LogP contribution in [0, 0.1) is 6.92 Å². The Morgan fingerprint density at radius 3 is 2.48 bits per heavy atom. The summed E-state index contributed by atoms with van der Waals surface area (Å²) in [5.41, 5.74) is 4.67. The zero-order valence-corrected chi connectivity index (χ0v) is 27.8. The summed E-state index contributed by atoms with van der Waals surface area (Å²) >= 11 is 0. The van der Waals surface area contributed by atoms with Gasteiger partial charge in [0.05, 0.1) is 41.7 Å². The SMILES string of the molecule is C=CC(=O)Nc1cc(Nc2ncc(C(=O)OC(C)C)c(N3CC(C)(C)c4nc(C)ccc43)n2)c(OC)cc1N1CCN(CC)CC1. The van der Waals surface area contributed by atoms with Crippen LogP contribution in [0.1, 0.15) is 56.4 Å². The van der Waals surface area contributed by atoms with Crippen molar-refractivity contribution in [3.05, 3.63) is 60.1 Å². The number of nitrogens with one attached hydrogen (secondary N) is 2. The fraction of sp³-hybridized carbons (Fsp3) is 0.441. The Hall–Kier alpha value is -4.71. The molecule has 1 aromatic carbocycles. The van der Waals surface area contributed by atoms with Gasteiger partial charge in [0.1, 0.15) is 11.3 Å². The Morgan fingerprint density at radius 2 is 1.83 bits per heavy atom. The normalized spacial score (nSPS) is 15.8. The summed E-state index contributed by atoms with van der Waals surface area (Å²) in [6, 6.07) is 7.68. The molecule has 1 amide bonds. The minimum absolute atomic E-state index is 0.242. The lowest BCUT2D eigenvalue weighted by Crippen LogP contribution is -2.46. The third-order valence-corrected chi connectivity index (χ3v) is 8.25. The monoisotopic (exact) mass is 628 g/mol. The molecule has 0 spiro atoms. The number of benzene rings is 1. The second-order valence-electron chi connectivity index (χ2n) is 12.5. The standard InChI is InChI=1S/C34H44N8O4/c1-9-29(43)37-24-17-25(28(45-8)18-27(24)41-15-13-40(10-2)14-16-41)38-33-35-19-23(32(44)46-21(3)4)31(39-33)42-20-34(6,7)30-26(42)12-11-22(5)36-30/h9,11-12,17-19,21H,1,10,13-16,20H2,2-8H3,(H,37,43)(H,35,38,39). The number of piperazine rings is 1. The van der Waals surface area contributed by atoms with Crippen molar-refractivity contribution in [1.29, 1.82) is 0 Å². The van der Waals surface area contributed by atoms with Crippen LogP contribution in [0.2, 0.25) is 0 Å². The molecular weight excluding hydrogens is 584 g/mol. The molecule has 0 unspecified atom stereocenters. The van der Waals surface area contributed by atoms with Gasteiger partial charge in [0.25, 0.3) is 0 Å². The molecule has 4 heterocycles. The van der Waals surface area contributed by atoms with E-state index in [-0.39, 0.29) is 28.9 Å². The summed E-state index contributed by atoms with van der Waals surface area (Å²) in [6.07, 6.45) is 2.41. The minimum Gasteiger partial charge on any atom is -0.494 e. The lowest BCUT2D eigenvalue weighted by atomic mass is 9.91. The molecule has 2 aliphatic heterocycles. The second-order valence-corrected chi connectivity index (χ2v) is 12.5. The number of aryl methyl sites for hydroxylation is 1. The number of methoxy groups -OCH3 is 1. The van der Waals surface area contributed by atoms with E-state index >= 15 is 0 Å². The first-order valence-electron chi connectivity index (χ1n) is 15.7. The number of aromatic nitrogens is 3. The van der Waals surface area contributed by atoms with Gasteiger partial charge in [0.2, 0.25) is 11.9 Å². The number of hydrogen-bond acceptors (Lipinski definition) is 11. The average Bonchev–Trinajstić information content (AvgIpc) is 3.30. The lowest BCUT2D eigenvalue weighted by molar-refractivity contribution is -0.111. The van der Waals surface area contributed by atoms with Crippen LogP contribution in [0.15, 0.2) is 43.1 Å². The summed E-state index contributed by atoms with van der Waals surface area (Å²) in [5.74, 6) is 0.360. The number of esters is 1. The molecule has 244 valence electrons. The van der Waals surface area contributed by atoms with E-state index in [1.54, 1.807) is 21.0 Å². The average molecular weight is 629 g/mol. The van der Waals surface area contributed by atoms with Crippen molar-refractivity contribution < 1.29 is 19.1 Å². The smallest absolute Gasteiger partial charge is 0.343 e. The highest BCUT2D eigenvalue weighted by atomic mass is 16.5. The van der Waals surface area contributed by atoms with Crippen LogP contribution in [0.3, 0.4) is 0 Å². The van der Waals surface area contributed by atoms with Crippen molar-refractivity contribution in [2.75, 3.05) is 66.8 Å². The molecule has 46 heavy (non-hydrogen) atoms. The Balaban J connectivity index is 1.56. The molecule has 0 atom stereocenters. The molecule has 3 aromatic rings. The van der Waals surface area contributed by atoms with Gasteiger partial charge in [-0.2, -0.15) is 4.98 Å². The first-order valence-corrected chi connectivity index (χ1v) is 15.7. The van der Waals surface area contributed by atoms with Crippen LogP contribution in [-0.4, -0.2) is 84.2 Å². The van der Waals surface area contributed by atoms with Crippen molar-refractivity contribution in [3.8, 4) is 5.75 Å². The number of rotatable bonds is 10. The van der Waals surface area contributed by atoms with Crippen molar-refractivity contribution in [2.24, 2.45) is 0 Å². The van der Waals surface area contributed by atoms with Crippen LogP contribution in [0.25, 0.3) is 0 Å². The minimum atomic E-state index is -0.512. The summed E-state index contributed by atoms with van der Waals surface area (Å²) in [4.78, 5) is 46.6. The zero-order chi connectivity index (χ0) is 33.2. The fourth-order valence-electron chi connectivity index (χ4n) is 5.88. The Labute approximate surface area is 270 Å². The van der Waals surface area contributed by atoms with E-state index in [0.717, 1.165) is 55.5 Å². The van der Waals surface area contributed by atoms with Gasteiger partial charge in [0, 0.05) is 56.1 Å². The van der Waals surface area contributed by atoms with E-state index in [0.29, 0.717) is 29.5 Å². The molecule has 1 saturated heterocycles. The largest absolute Gasteiger partial charge is 0.494 e. The number of fused-ring (bicyclic) bond motifs is 1. The molecule has 2 N–H and O–H groups in total. The molecular formula is C34H44N8O4. The number of likely N-dealkylation sites (N-methyl/N-ethyl adjacent to an activating group) is 1. The molecule has 0 radical (unpaired) electrons. The summed E-state index contributed by atoms with van der Waals surface area (Å²) in [6.45, 7) is 20.6. The van der Waals surface area contributed by atoms with E-state index in [4.69, 9.17) is 19.4 Å². The van der Waals surface area contributed by atoms with Crippen molar-refractivity contribution in [2.45, 2.75) is 53.1 Å². The van der Waals surface area contributed by atoms with Crippen LogP contribution < -0.4 is 25.2 Å². The molecule has 2 aliphatic rings. The van der Waals surface area contributed by atoms with Gasteiger partial charge >= 0.3 is 5.97 Å². The number of ether oxygens (including phenoxy) is 2. The van der Waals surface area contributed by atoms with Crippen molar-refractivity contribution in [3.63, 3.8) is 0 Å². The number of anilines is 6. The predicted molar refractivity (Wildman–Crippen MR) is 181 cm³/mol. The topological polar surface area (TPSA) is 125 Å². The van der Waals surface area contributed by atoms with Crippen LogP contribution in [0.4, 0.5) is 34.5 Å². The highest BCUT2D eigenvalue weighted by Gasteiger charge is 2.40. The maximum absolute atomic E-state index is 13.3. The molecule has 0 bridgehead atoms. The van der Waals surface area contributed by atoms with Gasteiger partial charge in [-0.05, 0) is 51.6 Å². The van der Waals surface area contributed by atoms with Crippen LogP contribution >= 0.6 is 0 Å². The zero-order valence-electron chi connectivity index (χ0n) is 27.8. The number of carbonyl (C=O) groups excluding carboxylic acids is 2. The number of pyridine rings is 1. The number of amides is 1. The van der Waals surface area contributed by atoms with Gasteiger partial charge in [-0.1, -0.05) is 27.4 Å². The van der Waals surface area contributed by atoms with Gasteiger partial charge in [-0.3, -0.25) is 9.78 Å². The van der Waals surface area contributed by atoms with E-state index < -0.39 is 5.97 Å². The number of hydrogen-bond donors (Lipinski definition) is 2. The van der Waals surface area contributed by atoms with Gasteiger partial charge < -0.3 is 34.8 Å². The van der Waals surface area contributed by atoms with Crippen LogP contribution in [-0.2, 0) is 14.9 Å². The molecule has 12 nitrogen and oxygen atoms in total. The molecule has 1 fully saturated rings. The summed E-state index contributed by atoms with van der Waals surface area (Å²) in [7, 11) is 1.59. The third kappa shape index (κ3) is 6.76. The Kier molecular flexibility index (Phi) is 9.47. The van der Waals surface area contributed by atoms with E-state index in [2.05, 4.69) is 52.8 Å². The fourth-order valence-corrected chi connectivity index (χ4v) is 5.88. The molecule has 12 heteroatoms. The van der Waals surface area contributed by atoms with Gasteiger partial charge in [-0.15, -0.1) is 0 Å². The predicted octanol–water partition coefficient (Wildman–Crippen LogP) is 5.19. The van der Waals surface area contributed by atoms with E-state index in [9.17, 15) is 9.59 Å². The molecule has 5 rings (SSSR count). The summed E-state index contributed by atoms with van der Waals surface area (Å²) < 4.78 is 11.4. The first-order chi connectivity index (χ1) is 21.9. The molecule has 0 aliphatic carbocycles. The quantitative estimate of drug-likeness (QED) is 0.228. The maximum Gasteiger partial charge on any atom is 0.343 e. The van der Waals surface area contributed by atoms with Gasteiger partial charge in [0.15, 0.2) is 5.82 Å². The third-order valence-electron chi connectivity index (χ3n) is 8.25. The van der Waals surface area contributed by atoms with Crippen LogP contribution in [0.5, 0.6) is 5.75 Å². The maximum atomic E-state index is 13.3. The van der Waals surface area contributed by atoms with E-state index in [1.807, 2.05) is 36.1 Å².